The van der Waals surface area contributed by atoms with Gasteiger partial charge in [0.25, 0.3) is 0 Å². The van der Waals surface area contributed by atoms with Crippen LogP contribution in [0.4, 0.5) is 22.9 Å². The number of hydrogen-bond donors (Lipinski definition) is 1. The molecule has 0 amide bonds. The highest BCUT2D eigenvalue weighted by Crippen LogP contribution is 2.50. The first-order valence-corrected chi connectivity index (χ1v) is 14.4. The SMILES string of the molecule is CCc1ccc(NC2=Nc3ccccc3N3C2=Nc2c(c(C)nn2-c2ccccc2)[C@@H]3c2ccc(OC)cc2OC)cc1. The number of nitrogens with one attached hydrogen (secondary N) is 1. The molecule has 2 aliphatic heterocycles. The predicted molar refractivity (Wildman–Crippen MR) is 172 cm³/mol. The Kier molecular flexibility index (Phi) is 6.66. The highest BCUT2D eigenvalue weighted by atomic mass is 16.5. The average molecular weight is 569 g/mol. The monoisotopic (exact) mass is 568 g/mol. The van der Waals surface area contributed by atoms with Crippen molar-refractivity contribution in [3.63, 3.8) is 0 Å². The fourth-order valence-electron chi connectivity index (χ4n) is 5.85. The largest absolute Gasteiger partial charge is 0.497 e. The molecular weight excluding hydrogens is 536 g/mol. The summed E-state index contributed by atoms with van der Waals surface area (Å²) in [5, 5.41) is 8.61. The van der Waals surface area contributed by atoms with Gasteiger partial charge >= 0.3 is 0 Å². The van der Waals surface area contributed by atoms with Gasteiger partial charge in [-0.25, -0.2) is 14.7 Å². The second kappa shape index (κ2) is 10.8. The number of methoxy groups -OCH3 is 2. The van der Waals surface area contributed by atoms with Crippen molar-refractivity contribution in [1.82, 2.24) is 9.78 Å². The van der Waals surface area contributed by atoms with Crippen molar-refractivity contribution < 1.29 is 9.47 Å². The molecule has 43 heavy (non-hydrogen) atoms. The van der Waals surface area contributed by atoms with Crippen molar-refractivity contribution in [3.05, 3.63) is 119 Å². The van der Waals surface area contributed by atoms with E-state index < -0.39 is 0 Å². The van der Waals surface area contributed by atoms with E-state index in [0.29, 0.717) is 17.4 Å². The van der Waals surface area contributed by atoms with Gasteiger partial charge in [0.05, 0.1) is 43.0 Å². The number of aliphatic imine (C=N–C) groups is 2. The van der Waals surface area contributed by atoms with Crippen LogP contribution in [-0.2, 0) is 6.42 Å². The van der Waals surface area contributed by atoms with E-state index in [1.165, 1.54) is 5.56 Å². The smallest absolute Gasteiger partial charge is 0.179 e. The van der Waals surface area contributed by atoms with Crippen LogP contribution in [0.5, 0.6) is 11.5 Å². The van der Waals surface area contributed by atoms with E-state index >= 15 is 0 Å². The lowest BCUT2D eigenvalue weighted by molar-refractivity contribution is 0.390. The van der Waals surface area contributed by atoms with Crippen molar-refractivity contribution >= 4 is 34.6 Å². The molecule has 1 atom stereocenters. The normalized spacial score (nSPS) is 15.1. The van der Waals surface area contributed by atoms with Crippen LogP contribution < -0.4 is 19.7 Å². The summed E-state index contributed by atoms with van der Waals surface area (Å²) >= 11 is 0. The molecule has 2 aliphatic rings. The molecule has 3 heterocycles. The van der Waals surface area contributed by atoms with Gasteiger partial charge in [0.1, 0.15) is 11.5 Å². The summed E-state index contributed by atoms with van der Waals surface area (Å²) < 4.78 is 13.5. The number of para-hydroxylation sites is 3. The minimum absolute atomic E-state index is 0.309. The van der Waals surface area contributed by atoms with E-state index in [9.17, 15) is 0 Å². The number of aromatic nitrogens is 2. The Hall–Kier alpha value is -5.37. The Bertz CT molecular complexity index is 1870. The summed E-state index contributed by atoms with van der Waals surface area (Å²) in [6, 6.07) is 32.4. The number of fused-ring (bicyclic) bond motifs is 4. The summed E-state index contributed by atoms with van der Waals surface area (Å²) in [5.41, 5.74) is 7.80. The molecule has 1 N–H and O–H groups in total. The maximum absolute atomic E-state index is 5.98. The van der Waals surface area contributed by atoms with Crippen molar-refractivity contribution in [3.8, 4) is 17.2 Å². The highest BCUT2D eigenvalue weighted by molar-refractivity contribution is 6.51. The van der Waals surface area contributed by atoms with Crippen LogP contribution in [0.25, 0.3) is 5.69 Å². The minimum atomic E-state index is -0.309. The van der Waals surface area contributed by atoms with E-state index in [1.54, 1.807) is 14.2 Å². The molecule has 5 aromatic rings. The molecule has 8 nitrogen and oxygen atoms in total. The van der Waals surface area contributed by atoms with Gasteiger partial charge in [-0.15, -0.1) is 0 Å². The van der Waals surface area contributed by atoms with Gasteiger partial charge in [-0.2, -0.15) is 5.10 Å². The molecule has 0 bridgehead atoms. The maximum atomic E-state index is 5.98. The first kappa shape index (κ1) is 26.5. The second-order valence-electron chi connectivity index (χ2n) is 10.5. The van der Waals surface area contributed by atoms with E-state index in [1.807, 2.05) is 72.3 Å². The number of anilines is 2. The first-order valence-electron chi connectivity index (χ1n) is 14.4. The third-order valence-electron chi connectivity index (χ3n) is 8.00. The maximum Gasteiger partial charge on any atom is 0.179 e. The van der Waals surface area contributed by atoms with Crippen LogP contribution >= 0.6 is 0 Å². The molecule has 214 valence electrons. The summed E-state index contributed by atoms with van der Waals surface area (Å²) in [6.07, 6.45) is 0.978. The minimum Gasteiger partial charge on any atom is -0.497 e. The van der Waals surface area contributed by atoms with Crippen LogP contribution in [0.1, 0.15) is 35.3 Å². The Labute approximate surface area is 251 Å². The summed E-state index contributed by atoms with van der Waals surface area (Å²) in [4.78, 5) is 12.7. The van der Waals surface area contributed by atoms with Crippen molar-refractivity contribution in [2.24, 2.45) is 9.98 Å². The number of ether oxygens (including phenoxy) is 2. The number of hydrogen-bond acceptors (Lipinski definition) is 7. The number of rotatable bonds is 6. The first-order chi connectivity index (χ1) is 21.1. The molecule has 7 rings (SSSR count). The number of nitrogens with zero attached hydrogens (tertiary/aromatic N) is 5. The molecule has 4 aromatic carbocycles. The van der Waals surface area contributed by atoms with Gasteiger partial charge in [-0.1, -0.05) is 49.4 Å². The van der Waals surface area contributed by atoms with Gasteiger partial charge in [-0.05, 0) is 67.4 Å². The predicted octanol–water partition coefficient (Wildman–Crippen LogP) is 7.56. The topological polar surface area (TPSA) is 76.3 Å². The number of aryl methyl sites for hydroxylation is 2. The Morgan fingerprint density at radius 1 is 0.837 bits per heavy atom. The lowest BCUT2D eigenvalue weighted by atomic mass is 9.92. The van der Waals surface area contributed by atoms with Gasteiger partial charge in [0.15, 0.2) is 17.5 Å². The molecule has 1 aromatic heterocycles. The van der Waals surface area contributed by atoms with Gasteiger partial charge in [0.2, 0.25) is 0 Å². The van der Waals surface area contributed by atoms with E-state index in [-0.39, 0.29) is 6.04 Å². The molecule has 0 aliphatic carbocycles. The summed E-state index contributed by atoms with van der Waals surface area (Å²) in [5.74, 6) is 3.55. The standard InChI is InChI=1S/C35H32N6O2/c1-5-23-15-17-24(18-16-23)36-33-35-38-34-31(22(2)39-41(34)25-11-7-6-8-12-25)32(27-20-19-26(42-3)21-30(27)43-4)40(35)29-14-10-9-13-28(29)37-33/h6-21,32H,5H2,1-4H3,(H,36,37)/t32-/m0/s1. The van der Waals surface area contributed by atoms with Crippen LogP contribution in [0.3, 0.4) is 0 Å². The van der Waals surface area contributed by atoms with Crippen LogP contribution in [0.2, 0.25) is 0 Å². The molecule has 8 heteroatoms. The van der Waals surface area contributed by atoms with Crippen molar-refractivity contribution in [2.45, 2.75) is 26.3 Å². The Balaban J connectivity index is 1.49. The number of benzene rings is 4. The molecule has 0 saturated heterocycles. The van der Waals surface area contributed by atoms with Gasteiger partial charge < -0.3 is 19.7 Å². The van der Waals surface area contributed by atoms with E-state index in [0.717, 1.165) is 57.6 Å². The average Bonchev–Trinajstić information content (AvgIpc) is 3.40. The quantitative estimate of drug-likeness (QED) is 0.229. The molecule has 0 fully saturated rings. The zero-order valence-corrected chi connectivity index (χ0v) is 24.6. The third kappa shape index (κ3) is 4.52. The molecule has 0 spiro atoms. The molecule has 0 radical (unpaired) electrons. The molecular formula is C35H32N6O2. The zero-order chi connectivity index (χ0) is 29.5. The zero-order valence-electron chi connectivity index (χ0n) is 24.6. The fraction of sp³-hybridized carbons (Fsp3) is 0.171. The Morgan fingerprint density at radius 3 is 2.35 bits per heavy atom. The molecule has 0 unspecified atom stereocenters. The van der Waals surface area contributed by atoms with Gasteiger partial charge in [-0.3, -0.25) is 0 Å². The Morgan fingerprint density at radius 2 is 1.60 bits per heavy atom. The van der Waals surface area contributed by atoms with Crippen LogP contribution in [0.15, 0.2) is 107 Å². The number of amidine groups is 2. The van der Waals surface area contributed by atoms with Crippen molar-refractivity contribution in [2.75, 3.05) is 24.4 Å². The summed E-state index contributed by atoms with van der Waals surface area (Å²) in [7, 11) is 3.35. The van der Waals surface area contributed by atoms with E-state index in [4.69, 9.17) is 24.6 Å². The summed E-state index contributed by atoms with van der Waals surface area (Å²) in [6.45, 7) is 4.20. The van der Waals surface area contributed by atoms with Gasteiger partial charge in [0, 0.05) is 22.9 Å². The van der Waals surface area contributed by atoms with Crippen LogP contribution in [0, 0.1) is 6.92 Å². The van der Waals surface area contributed by atoms with Crippen LogP contribution in [-0.4, -0.2) is 35.7 Å². The molecule has 0 saturated carbocycles. The lowest BCUT2D eigenvalue weighted by Gasteiger charge is -2.41. The fourth-order valence-corrected chi connectivity index (χ4v) is 5.85. The second-order valence-corrected chi connectivity index (χ2v) is 10.5. The lowest BCUT2D eigenvalue weighted by Crippen LogP contribution is -2.46. The highest BCUT2D eigenvalue weighted by Gasteiger charge is 2.42. The third-order valence-corrected chi connectivity index (χ3v) is 8.00. The van der Waals surface area contributed by atoms with E-state index in [2.05, 4.69) is 53.5 Å². The van der Waals surface area contributed by atoms with Crippen molar-refractivity contribution in [1.29, 1.82) is 0 Å².